The Bertz CT molecular complexity index is 808. The summed E-state index contributed by atoms with van der Waals surface area (Å²) in [6.07, 6.45) is 1.32. The number of methoxy groups -OCH3 is 1. The number of ether oxygens (including phenoxy) is 1. The molecule has 0 aliphatic carbocycles. The number of hydrogen-bond donors (Lipinski definition) is 1. The van der Waals surface area contributed by atoms with Crippen LogP contribution in [0.25, 0.3) is 0 Å². The standard InChI is InChI=1S/C18H21ClN4O2/c1-12-15(13(2)23(22-12)10-4-9-20)6-8-18(24)21-16-11-14(19)5-7-17(16)25-3/h5,7,11H,4,6,8,10H2,1-3H3,(H,21,24). The van der Waals surface area contributed by atoms with Gasteiger partial charge in [0.1, 0.15) is 5.75 Å². The predicted octanol–water partition coefficient (Wildman–Crippen LogP) is 3.65. The molecule has 0 fully saturated rings. The van der Waals surface area contributed by atoms with Crippen molar-refractivity contribution >= 4 is 23.2 Å². The number of hydrogen-bond acceptors (Lipinski definition) is 4. The molecule has 25 heavy (non-hydrogen) atoms. The van der Waals surface area contributed by atoms with Gasteiger partial charge in [0.05, 0.1) is 37.5 Å². The summed E-state index contributed by atoms with van der Waals surface area (Å²) in [7, 11) is 1.54. The van der Waals surface area contributed by atoms with Crippen LogP contribution in [-0.2, 0) is 17.8 Å². The fourth-order valence-electron chi connectivity index (χ4n) is 2.70. The van der Waals surface area contributed by atoms with Crippen molar-refractivity contribution < 1.29 is 9.53 Å². The van der Waals surface area contributed by atoms with Crippen LogP contribution in [0.3, 0.4) is 0 Å². The Morgan fingerprint density at radius 1 is 1.44 bits per heavy atom. The fraction of sp³-hybridized carbons (Fsp3) is 0.389. The third kappa shape index (κ3) is 4.74. The lowest BCUT2D eigenvalue weighted by atomic mass is 10.1. The molecular formula is C18H21ClN4O2. The number of rotatable bonds is 7. The summed E-state index contributed by atoms with van der Waals surface area (Å²) in [5.41, 5.74) is 3.49. The van der Waals surface area contributed by atoms with Gasteiger partial charge in [-0.3, -0.25) is 9.48 Å². The molecule has 0 bridgehead atoms. The summed E-state index contributed by atoms with van der Waals surface area (Å²) >= 11 is 5.98. The minimum absolute atomic E-state index is 0.121. The van der Waals surface area contributed by atoms with Crippen molar-refractivity contribution in [2.45, 2.75) is 39.7 Å². The molecule has 1 aromatic heterocycles. The van der Waals surface area contributed by atoms with E-state index >= 15 is 0 Å². The molecule has 0 aliphatic heterocycles. The van der Waals surface area contributed by atoms with Crippen molar-refractivity contribution in [3.05, 3.63) is 40.2 Å². The molecule has 132 valence electrons. The number of halogens is 1. The molecule has 0 radical (unpaired) electrons. The largest absolute Gasteiger partial charge is 0.495 e. The highest BCUT2D eigenvalue weighted by atomic mass is 35.5. The molecule has 1 aromatic carbocycles. The van der Waals surface area contributed by atoms with Gasteiger partial charge in [-0.1, -0.05) is 11.6 Å². The monoisotopic (exact) mass is 360 g/mol. The Hall–Kier alpha value is -2.52. The zero-order chi connectivity index (χ0) is 18.4. The molecule has 0 unspecified atom stereocenters. The van der Waals surface area contributed by atoms with Crippen LogP contribution >= 0.6 is 11.6 Å². The summed E-state index contributed by atoms with van der Waals surface area (Å²) < 4.78 is 7.06. The normalized spacial score (nSPS) is 10.4. The lowest BCUT2D eigenvalue weighted by molar-refractivity contribution is -0.116. The van der Waals surface area contributed by atoms with E-state index in [1.54, 1.807) is 25.3 Å². The molecule has 0 saturated carbocycles. The van der Waals surface area contributed by atoms with Crippen LogP contribution in [-0.4, -0.2) is 22.8 Å². The minimum atomic E-state index is -0.121. The summed E-state index contributed by atoms with van der Waals surface area (Å²) in [6.45, 7) is 4.45. The summed E-state index contributed by atoms with van der Waals surface area (Å²) in [4.78, 5) is 12.3. The topological polar surface area (TPSA) is 79.9 Å². The number of nitrogens with zero attached hydrogens (tertiary/aromatic N) is 3. The lowest BCUT2D eigenvalue weighted by Crippen LogP contribution is -2.13. The number of carbonyl (C=O) groups excluding carboxylic acids is 1. The number of nitrogens with one attached hydrogen (secondary N) is 1. The second-order valence-corrected chi connectivity index (χ2v) is 6.11. The van der Waals surface area contributed by atoms with E-state index in [9.17, 15) is 4.79 Å². The van der Waals surface area contributed by atoms with Gasteiger partial charge in [-0.15, -0.1) is 0 Å². The second-order valence-electron chi connectivity index (χ2n) is 5.67. The third-order valence-corrected chi connectivity index (χ3v) is 4.24. The van der Waals surface area contributed by atoms with E-state index in [0.717, 1.165) is 17.0 Å². The zero-order valence-corrected chi connectivity index (χ0v) is 15.4. The third-order valence-electron chi connectivity index (χ3n) is 4.00. The smallest absolute Gasteiger partial charge is 0.224 e. The first-order valence-electron chi connectivity index (χ1n) is 7.99. The molecule has 1 heterocycles. The predicted molar refractivity (Wildman–Crippen MR) is 96.9 cm³/mol. The molecule has 7 heteroatoms. The Morgan fingerprint density at radius 3 is 2.88 bits per heavy atom. The van der Waals surface area contributed by atoms with E-state index < -0.39 is 0 Å². The second kappa shape index (κ2) is 8.54. The van der Waals surface area contributed by atoms with Crippen LogP contribution in [0.2, 0.25) is 5.02 Å². The van der Waals surface area contributed by atoms with Gasteiger partial charge in [0, 0.05) is 17.1 Å². The van der Waals surface area contributed by atoms with Crippen molar-refractivity contribution in [2.24, 2.45) is 0 Å². The van der Waals surface area contributed by atoms with Crippen LogP contribution in [0.4, 0.5) is 5.69 Å². The minimum Gasteiger partial charge on any atom is -0.495 e. The summed E-state index contributed by atoms with van der Waals surface area (Å²) in [6, 6.07) is 7.20. The van der Waals surface area contributed by atoms with Crippen LogP contribution in [0, 0.1) is 25.2 Å². The lowest BCUT2D eigenvalue weighted by Gasteiger charge is -2.10. The van der Waals surface area contributed by atoms with Gasteiger partial charge < -0.3 is 10.1 Å². The molecular weight excluding hydrogens is 340 g/mol. The summed E-state index contributed by atoms with van der Waals surface area (Å²) in [5.74, 6) is 0.443. The molecule has 2 aromatic rings. The van der Waals surface area contributed by atoms with E-state index in [0.29, 0.717) is 42.3 Å². The van der Waals surface area contributed by atoms with Gasteiger partial charge in [-0.05, 0) is 44.0 Å². The molecule has 0 saturated heterocycles. The van der Waals surface area contributed by atoms with Gasteiger partial charge in [0.15, 0.2) is 0 Å². The van der Waals surface area contributed by atoms with Gasteiger partial charge in [0.25, 0.3) is 0 Å². The van der Waals surface area contributed by atoms with Crippen molar-refractivity contribution in [3.8, 4) is 11.8 Å². The quantitative estimate of drug-likeness (QED) is 0.817. The number of anilines is 1. The number of benzene rings is 1. The van der Waals surface area contributed by atoms with Crippen molar-refractivity contribution in [1.29, 1.82) is 5.26 Å². The molecule has 6 nitrogen and oxygen atoms in total. The number of carbonyl (C=O) groups is 1. The molecule has 0 atom stereocenters. The highest BCUT2D eigenvalue weighted by molar-refractivity contribution is 6.31. The number of aryl methyl sites for hydroxylation is 2. The maximum absolute atomic E-state index is 12.3. The van der Waals surface area contributed by atoms with E-state index in [2.05, 4.69) is 16.5 Å². The number of nitriles is 1. The van der Waals surface area contributed by atoms with E-state index in [1.165, 1.54) is 0 Å². The maximum Gasteiger partial charge on any atom is 0.224 e. The van der Waals surface area contributed by atoms with Crippen molar-refractivity contribution in [1.82, 2.24) is 9.78 Å². The first kappa shape index (κ1) is 18.8. The molecule has 2 rings (SSSR count). The molecule has 0 spiro atoms. The van der Waals surface area contributed by atoms with Crippen LogP contribution in [0.1, 0.15) is 29.8 Å². The number of aromatic nitrogens is 2. The van der Waals surface area contributed by atoms with Gasteiger partial charge in [-0.25, -0.2) is 0 Å². The Labute approximate surface area is 152 Å². The highest BCUT2D eigenvalue weighted by Gasteiger charge is 2.14. The Kier molecular flexibility index (Phi) is 6.43. The van der Waals surface area contributed by atoms with Gasteiger partial charge in [0.2, 0.25) is 5.91 Å². The first-order valence-corrected chi connectivity index (χ1v) is 8.37. The fourth-order valence-corrected chi connectivity index (χ4v) is 2.87. The highest BCUT2D eigenvalue weighted by Crippen LogP contribution is 2.28. The zero-order valence-electron chi connectivity index (χ0n) is 14.6. The maximum atomic E-state index is 12.3. The van der Waals surface area contributed by atoms with E-state index in [4.69, 9.17) is 21.6 Å². The van der Waals surface area contributed by atoms with Gasteiger partial charge in [-0.2, -0.15) is 10.4 Å². The number of amides is 1. The van der Waals surface area contributed by atoms with E-state index in [-0.39, 0.29) is 5.91 Å². The average molecular weight is 361 g/mol. The molecule has 0 aliphatic rings. The van der Waals surface area contributed by atoms with Crippen LogP contribution < -0.4 is 10.1 Å². The van der Waals surface area contributed by atoms with Crippen molar-refractivity contribution in [3.63, 3.8) is 0 Å². The Morgan fingerprint density at radius 2 is 2.20 bits per heavy atom. The molecule has 1 amide bonds. The van der Waals surface area contributed by atoms with Crippen LogP contribution in [0.15, 0.2) is 18.2 Å². The molecule has 1 N–H and O–H groups in total. The van der Waals surface area contributed by atoms with Crippen LogP contribution in [0.5, 0.6) is 5.75 Å². The van der Waals surface area contributed by atoms with E-state index in [1.807, 2.05) is 18.5 Å². The first-order chi connectivity index (χ1) is 12.0. The van der Waals surface area contributed by atoms with Gasteiger partial charge >= 0.3 is 0 Å². The van der Waals surface area contributed by atoms with Crippen molar-refractivity contribution in [2.75, 3.05) is 12.4 Å². The Balaban J connectivity index is 2.02. The summed E-state index contributed by atoms with van der Waals surface area (Å²) in [5, 5.41) is 16.5. The SMILES string of the molecule is COc1ccc(Cl)cc1NC(=O)CCc1c(C)nn(CCC#N)c1C. The average Bonchev–Trinajstić information content (AvgIpc) is 2.85.